The molecule has 2 aromatic rings. The number of nitrogens with zero attached hydrogens (tertiary/aromatic N) is 1. The Bertz CT molecular complexity index is 998. The first kappa shape index (κ1) is 17.8. The first-order chi connectivity index (χ1) is 14.0. The van der Waals surface area contributed by atoms with E-state index >= 15 is 0 Å². The van der Waals surface area contributed by atoms with Crippen LogP contribution in [0.15, 0.2) is 36.4 Å². The highest BCUT2D eigenvalue weighted by Crippen LogP contribution is 2.46. The number of likely N-dealkylation sites (N-methyl/N-ethyl adjacent to an activating group) is 1. The van der Waals surface area contributed by atoms with Gasteiger partial charge in [-0.2, -0.15) is 0 Å². The summed E-state index contributed by atoms with van der Waals surface area (Å²) >= 11 is 0. The minimum absolute atomic E-state index is 0.0926. The van der Waals surface area contributed by atoms with Crippen molar-refractivity contribution in [1.29, 1.82) is 0 Å². The number of anilines is 3. The molecule has 0 radical (unpaired) electrons. The molecule has 2 amide bonds. The molecule has 2 heterocycles. The molecule has 1 fully saturated rings. The Kier molecular flexibility index (Phi) is 4.12. The van der Waals surface area contributed by atoms with Crippen LogP contribution >= 0.6 is 0 Å². The summed E-state index contributed by atoms with van der Waals surface area (Å²) in [4.78, 5) is 26.4. The lowest BCUT2D eigenvalue weighted by atomic mass is 9.94. The van der Waals surface area contributed by atoms with Crippen LogP contribution in [0.4, 0.5) is 17.1 Å². The van der Waals surface area contributed by atoms with Gasteiger partial charge in [0.05, 0.1) is 17.9 Å². The highest BCUT2D eigenvalue weighted by Gasteiger charge is 2.42. The fraction of sp³-hybridized carbons (Fsp3) is 0.364. The van der Waals surface area contributed by atoms with Gasteiger partial charge in [-0.15, -0.1) is 0 Å². The summed E-state index contributed by atoms with van der Waals surface area (Å²) in [5.41, 5.74) is 2.65. The second-order valence-electron chi connectivity index (χ2n) is 7.93. The van der Waals surface area contributed by atoms with Crippen molar-refractivity contribution in [2.75, 3.05) is 29.1 Å². The van der Waals surface area contributed by atoms with E-state index in [4.69, 9.17) is 9.47 Å². The van der Waals surface area contributed by atoms with Crippen molar-refractivity contribution in [3.63, 3.8) is 0 Å². The third-order valence-corrected chi connectivity index (χ3v) is 5.73. The van der Waals surface area contributed by atoms with Gasteiger partial charge in [0.1, 0.15) is 0 Å². The predicted octanol–water partition coefficient (Wildman–Crippen LogP) is 3.76. The van der Waals surface area contributed by atoms with Crippen LogP contribution in [-0.4, -0.2) is 31.2 Å². The van der Waals surface area contributed by atoms with Crippen molar-refractivity contribution in [2.45, 2.75) is 37.9 Å². The second-order valence-corrected chi connectivity index (χ2v) is 7.93. The maximum atomic E-state index is 12.7. The molecule has 1 aliphatic carbocycles. The van der Waals surface area contributed by atoms with Crippen molar-refractivity contribution in [2.24, 2.45) is 0 Å². The Morgan fingerprint density at radius 2 is 1.86 bits per heavy atom. The maximum absolute atomic E-state index is 12.7. The van der Waals surface area contributed by atoms with Crippen LogP contribution < -0.4 is 25.0 Å². The Morgan fingerprint density at radius 3 is 2.69 bits per heavy atom. The number of hydrogen-bond donors (Lipinski definition) is 2. The average Bonchev–Trinajstić information content (AvgIpc) is 3.04. The second kappa shape index (κ2) is 6.69. The number of rotatable bonds is 2. The largest absolute Gasteiger partial charge is 0.448 e. The van der Waals surface area contributed by atoms with Crippen LogP contribution in [-0.2, 0) is 4.79 Å². The zero-order chi connectivity index (χ0) is 20.0. The summed E-state index contributed by atoms with van der Waals surface area (Å²) in [6.45, 7) is 0.303. The van der Waals surface area contributed by atoms with E-state index in [0.717, 1.165) is 37.1 Å². The molecule has 5 rings (SSSR count). The molecule has 29 heavy (non-hydrogen) atoms. The standard InChI is InChI=1S/C22H23N3O4/c1-25-13-20(26)24-16-11-14(5-7-17(16)25)21(27)23-15-6-8-18-19(12-15)29-22(28-18)9-3-2-4-10-22/h5-8,11-12H,2-4,9-10,13H2,1H3,(H,23,27)(H,24,26). The van der Waals surface area contributed by atoms with E-state index in [1.165, 1.54) is 6.42 Å². The molecular formula is C22H23N3O4. The smallest absolute Gasteiger partial charge is 0.255 e. The third-order valence-electron chi connectivity index (χ3n) is 5.73. The summed E-state index contributed by atoms with van der Waals surface area (Å²) in [5.74, 6) is 0.520. The van der Waals surface area contributed by atoms with Gasteiger partial charge in [0.25, 0.3) is 11.7 Å². The molecule has 1 saturated carbocycles. The van der Waals surface area contributed by atoms with Crippen LogP contribution in [0.1, 0.15) is 42.5 Å². The zero-order valence-corrected chi connectivity index (χ0v) is 16.3. The van der Waals surface area contributed by atoms with Gasteiger partial charge >= 0.3 is 0 Å². The molecule has 0 atom stereocenters. The van der Waals surface area contributed by atoms with Crippen molar-refractivity contribution in [3.05, 3.63) is 42.0 Å². The number of carbonyl (C=O) groups excluding carboxylic acids is 2. The topological polar surface area (TPSA) is 79.9 Å². The van der Waals surface area contributed by atoms with Gasteiger partial charge in [0.15, 0.2) is 11.5 Å². The number of carbonyl (C=O) groups is 2. The van der Waals surface area contributed by atoms with E-state index < -0.39 is 5.79 Å². The molecule has 0 aromatic heterocycles. The van der Waals surface area contributed by atoms with E-state index in [-0.39, 0.29) is 11.8 Å². The fourth-order valence-electron chi connectivity index (χ4n) is 4.27. The number of amides is 2. The monoisotopic (exact) mass is 393 g/mol. The van der Waals surface area contributed by atoms with Crippen LogP contribution in [0.25, 0.3) is 0 Å². The normalized spacial score (nSPS) is 18.9. The number of benzene rings is 2. The number of nitrogens with one attached hydrogen (secondary N) is 2. The SMILES string of the molecule is CN1CC(=O)Nc2cc(C(=O)Nc3ccc4c(c3)OC3(CCCCC3)O4)ccc21. The molecule has 7 nitrogen and oxygen atoms in total. The lowest BCUT2D eigenvalue weighted by molar-refractivity contribution is -0.115. The third kappa shape index (κ3) is 3.26. The van der Waals surface area contributed by atoms with Crippen LogP contribution in [0.2, 0.25) is 0 Å². The highest BCUT2D eigenvalue weighted by molar-refractivity contribution is 6.08. The fourth-order valence-corrected chi connectivity index (χ4v) is 4.27. The molecule has 2 aliphatic heterocycles. The maximum Gasteiger partial charge on any atom is 0.255 e. The Morgan fingerprint density at radius 1 is 1.07 bits per heavy atom. The van der Waals surface area contributed by atoms with Gasteiger partial charge in [0.2, 0.25) is 5.91 Å². The molecule has 2 N–H and O–H groups in total. The van der Waals surface area contributed by atoms with Gasteiger partial charge in [0, 0.05) is 37.2 Å². The summed E-state index contributed by atoms with van der Waals surface area (Å²) in [6.07, 6.45) is 5.18. The zero-order valence-electron chi connectivity index (χ0n) is 16.3. The van der Waals surface area contributed by atoms with Crippen molar-refractivity contribution in [1.82, 2.24) is 0 Å². The van der Waals surface area contributed by atoms with Crippen molar-refractivity contribution in [3.8, 4) is 11.5 Å². The molecule has 0 saturated heterocycles. The molecule has 150 valence electrons. The van der Waals surface area contributed by atoms with E-state index in [9.17, 15) is 9.59 Å². The van der Waals surface area contributed by atoms with Crippen LogP contribution in [0, 0.1) is 0 Å². The minimum Gasteiger partial charge on any atom is -0.448 e. The molecule has 7 heteroatoms. The van der Waals surface area contributed by atoms with Crippen molar-refractivity contribution >= 4 is 28.9 Å². The van der Waals surface area contributed by atoms with Gasteiger partial charge in [-0.3, -0.25) is 9.59 Å². The van der Waals surface area contributed by atoms with E-state index in [0.29, 0.717) is 29.2 Å². The molecular weight excluding hydrogens is 370 g/mol. The lowest BCUT2D eigenvalue weighted by Gasteiger charge is -2.31. The molecule has 0 bridgehead atoms. The van der Waals surface area contributed by atoms with E-state index in [1.54, 1.807) is 12.1 Å². The average molecular weight is 393 g/mol. The van der Waals surface area contributed by atoms with Gasteiger partial charge < -0.3 is 25.0 Å². The number of fused-ring (bicyclic) bond motifs is 2. The quantitative estimate of drug-likeness (QED) is 0.812. The molecule has 2 aromatic carbocycles. The predicted molar refractivity (Wildman–Crippen MR) is 110 cm³/mol. The van der Waals surface area contributed by atoms with E-state index in [2.05, 4.69) is 10.6 Å². The molecule has 3 aliphatic rings. The first-order valence-corrected chi connectivity index (χ1v) is 10.00. The van der Waals surface area contributed by atoms with E-state index in [1.807, 2.05) is 36.2 Å². The van der Waals surface area contributed by atoms with Crippen LogP contribution in [0.3, 0.4) is 0 Å². The minimum atomic E-state index is -0.536. The van der Waals surface area contributed by atoms with Gasteiger partial charge in [-0.1, -0.05) is 6.42 Å². The van der Waals surface area contributed by atoms with Gasteiger partial charge in [-0.25, -0.2) is 0 Å². The Labute approximate surface area is 169 Å². The highest BCUT2D eigenvalue weighted by atomic mass is 16.7. The first-order valence-electron chi connectivity index (χ1n) is 10.00. The summed E-state index contributed by atoms with van der Waals surface area (Å²) < 4.78 is 12.2. The molecule has 1 spiro atoms. The number of ether oxygens (including phenoxy) is 2. The van der Waals surface area contributed by atoms with Gasteiger partial charge in [-0.05, 0) is 43.2 Å². The Balaban J connectivity index is 1.33. The lowest BCUT2D eigenvalue weighted by Crippen LogP contribution is -2.40. The van der Waals surface area contributed by atoms with Crippen LogP contribution in [0.5, 0.6) is 11.5 Å². The summed E-state index contributed by atoms with van der Waals surface area (Å²) in [7, 11) is 1.85. The molecule has 0 unspecified atom stereocenters. The summed E-state index contributed by atoms with van der Waals surface area (Å²) in [6, 6.07) is 10.8. The number of hydrogen-bond acceptors (Lipinski definition) is 5. The van der Waals surface area contributed by atoms with Crippen molar-refractivity contribution < 1.29 is 19.1 Å². The summed E-state index contributed by atoms with van der Waals surface area (Å²) in [5, 5.41) is 5.73. The Hall–Kier alpha value is -3.22.